The van der Waals surface area contributed by atoms with Gasteiger partial charge in [0.1, 0.15) is 6.07 Å². The molecule has 0 aliphatic heterocycles. The molecule has 1 N–H and O–H groups in total. The van der Waals surface area contributed by atoms with Crippen LogP contribution in [0.25, 0.3) is 0 Å². The van der Waals surface area contributed by atoms with Crippen LogP contribution in [0.1, 0.15) is 15.9 Å². The first kappa shape index (κ1) is 14.1. The van der Waals surface area contributed by atoms with Gasteiger partial charge in [0.05, 0.1) is 16.8 Å². The third-order valence-corrected chi connectivity index (χ3v) is 3.44. The van der Waals surface area contributed by atoms with E-state index in [4.69, 9.17) is 5.11 Å². The van der Waals surface area contributed by atoms with Crippen LogP contribution in [0.5, 0.6) is 0 Å². The maximum absolute atomic E-state index is 10.8. The SMILES string of the molecule is CN(c1ccc(C(=O)O)cc1)c1ccc(Br)cc1C#N. The number of carbonyl (C=O) groups is 1. The zero-order valence-electron chi connectivity index (χ0n) is 10.7. The first-order chi connectivity index (χ1) is 9.52. The molecule has 0 amide bonds. The van der Waals surface area contributed by atoms with Crippen molar-refractivity contribution in [3.05, 3.63) is 58.1 Å². The molecular formula is C15H11BrN2O2. The summed E-state index contributed by atoms with van der Waals surface area (Å²) in [6, 6.07) is 14.1. The number of aromatic carboxylic acids is 1. The Morgan fingerprint density at radius 2 is 1.90 bits per heavy atom. The molecule has 0 saturated heterocycles. The Labute approximate surface area is 125 Å². The van der Waals surface area contributed by atoms with E-state index in [9.17, 15) is 10.1 Å². The Balaban J connectivity index is 2.38. The number of carboxylic acids is 1. The van der Waals surface area contributed by atoms with Crippen molar-refractivity contribution in [3.63, 3.8) is 0 Å². The molecule has 2 aromatic rings. The number of benzene rings is 2. The van der Waals surface area contributed by atoms with Gasteiger partial charge >= 0.3 is 5.97 Å². The van der Waals surface area contributed by atoms with Crippen LogP contribution in [0.4, 0.5) is 11.4 Å². The highest BCUT2D eigenvalue weighted by atomic mass is 79.9. The fraction of sp³-hybridized carbons (Fsp3) is 0.0667. The Kier molecular flexibility index (Phi) is 4.06. The first-order valence-corrected chi connectivity index (χ1v) is 6.59. The minimum absolute atomic E-state index is 0.235. The summed E-state index contributed by atoms with van der Waals surface area (Å²) in [7, 11) is 1.83. The van der Waals surface area contributed by atoms with Gasteiger partial charge in [0.25, 0.3) is 0 Å². The maximum Gasteiger partial charge on any atom is 0.335 e. The van der Waals surface area contributed by atoms with Crippen LogP contribution in [-0.2, 0) is 0 Å². The summed E-state index contributed by atoms with van der Waals surface area (Å²) in [5, 5.41) is 18.1. The monoisotopic (exact) mass is 330 g/mol. The number of rotatable bonds is 3. The van der Waals surface area contributed by atoms with E-state index >= 15 is 0 Å². The number of nitrogens with zero attached hydrogens (tertiary/aromatic N) is 2. The fourth-order valence-corrected chi connectivity index (χ4v) is 2.22. The van der Waals surface area contributed by atoms with E-state index in [0.717, 1.165) is 15.8 Å². The number of nitriles is 1. The molecule has 0 heterocycles. The van der Waals surface area contributed by atoms with Crippen molar-refractivity contribution < 1.29 is 9.90 Å². The summed E-state index contributed by atoms with van der Waals surface area (Å²) in [5.41, 5.74) is 2.36. The van der Waals surface area contributed by atoms with Crippen molar-refractivity contribution in [2.75, 3.05) is 11.9 Å². The minimum atomic E-state index is -0.958. The molecule has 0 atom stereocenters. The Morgan fingerprint density at radius 1 is 1.25 bits per heavy atom. The zero-order chi connectivity index (χ0) is 14.7. The van der Waals surface area contributed by atoms with Crippen molar-refractivity contribution in [2.24, 2.45) is 0 Å². The van der Waals surface area contributed by atoms with E-state index in [-0.39, 0.29) is 5.56 Å². The standard InChI is InChI=1S/C15H11BrN2O2/c1-18(13-5-2-10(3-6-13)15(19)20)14-7-4-12(16)8-11(14)9-17/h2-8H,1H3,(H,19,20). The predicted octanol–water partition coefficient (Wildman–Crippen LogP) is 3.79. The van der Waals surface area contributed by atoms with E-state index < -0.39 is 5.97 Å². The molecule has 2 rings (SSSR count). The van der Waals surface area contributed by atoms with Gasteiger partial charge in [0.2, 0.25) is 0 Å². The highest BCUT2D eigenvalue weighted by molar-refractivity contribution is 9.10. The van der Waals surface area contributed by atoms with Crippen molar-refractivity contribution in [1.29, 1.82) is 5.26 Å². The summed E-state index contributed by atoms with van der Waals surface area (Å²) in [5.74, 6) is -0.958. The molecule has 5 heteroatoms. The number of carboxylic acid groups (broad SMARTS) is 1. The quantitative estimate of drug-likeness (QED) is 0.929. The van der Waals surface area contributed by atoms with Crippen LogP contribution in [0.15, 0.2) is 46.9 Å². The van der Waals surface area contributed by atoms with Gasteiger partial charge in [-0.3, -0.25) is 0 Å². The van der Waals surface area contributed by atoms with Crippen LogP contribution in [0.3, 0.4) is 0 Å². The van der Waals surface area contributed by atoms with Gasteiger partial charge in [0.15, 0.2) is 0 Å². The lowest BCUT2D eigenvalue weighted by Crippen LogP contribution is -2.11. The van der Waals surface area contributed by atoms with Gasteiger partial charge < -0.3 is 10.0 Å². The number of halogens is 1. The lowest BCUT2D eigenvalue weighted by atomic mass is 10.1. The van der Waals surface area contributed by atoms with Crippen molar-refractivity contribution in [1.82, 2.24) is 0 Å². The Hall–Kier alpha value is -2.32. The van der Waals surface area contributed by atoms with E-state index in [2.05, 4.69) is 22.0 Å². The predicted molar refractivity (Wildman–Crippen MR) is 80.3 cm³/mol. The molecule has 0 aliphatic carbocycles. The molecule has 0 bridgehead atoms. The van der Waals surface area contributed by atoms with E-state index in [1.807, 2.05) is 24.1 Å². The van der Waals surface area contributed by atoms with Crippen molar-refractivity contribution in [2.45, 2.75) is 0 Å². The second-order valence-corrected chi connectivity index (χ2v) is 5.10. The van der Waals surface area contributed by atoms with Crippen LogP contribution < -0.4 is 4.90 Å². The average Bonchev–Trinajstić information content (AvgIpc) is 2.46. The zero-order valence-corrected chi connectivity index (χ0v) is 12.3. The number of hydrogen-bond acceptors (Lipinski definition) is 3. The summed E-state index contributed by atoms with van der Waals surface area (Å²) < 4.78 is 0.840. The molecule has 0 radical (unpaired) electrons. The molecule has 20 heavy (non-hydrogen) atoms. The highest BCUT2D eigenvalue weighted by Crippen LogP contribution is 2.29. The number of anilines is 2. The van der Waals surface area contributed by atoms with Gasteiger partial charge in [-0.2, -0.15) is 5.26 Å². The molecular weight excluding hydrogens is 320 g/mol. The Bertz CT molecular complexity index is 690. The average molecular weight is 331 g/mol. The maximum atomic E-state index is 10.8. The topological polar surface area (TPSA) is 64.3 Å². The molecule has 0 saturated carbocycles. The molecule has 0 unspecified atom stereocenters. The summed E-state index contributed by atoms with van der Waals surface area (Å²) >= 11 is 3.33. The van der Waals surface area contributed by atoms with Gasteiger partial charge in [0, 0.05) is 17.2 Å². The Morgan fingerprint density at radius 3 is 2.45 bits per heavy atom. The molecule has 4 nitrogen and oxygen atoms in total. The normalized spacial score (nSPS) is 9.85. The second kappa shape index (κ2) is 5.76. The molecule has 2 aromatic carbocycles. The molecule has 0 fully saturated rings. The van der Waals surface area contributed by atoms with E-state index in [1.165, 1.54) is 0 Å². The summed E-state index contributed by atoms with van der Waals surface area (Å²) in [4.78, 5) is 12.7. The fourth-order valence-electron chi connectivity index (χ4n) is 1.86. The van der Waals surface area contributed by atoms with E-state index in [1.54, 1.807) is 30.3 Å². The van der Waals surface area contributed by atoms with Gasteiger partial charge in [-0.1, -0.05) is 15.9 Å². The van der Waals surface area contributed by atoms with Crippen LogP contribution in [-0.4, -0.2) is 18.1 Å². The third-order valence-electron chi connectivity index (χ3n) is 2.94. The van der Waals surface area contributed by atoms with Crippen molar-refractivity contribution >= 4 is 33.3 Å². The number of hydrogen-bond donors (Lipinski definition) is 1. The van der Waals surface area contributed by atoms with Gasteiger partial charge in [-0.05, 0) is 42.5 Å². The molecule has 100 valence electrons. The van der Waals surface area contributed by atoms with Gasteiger partial charge in [-0.15, -0.1) is 0 Å². The smallest absolute Gasteiger partial charge is 0.335 e. The third kappa shape index (κ3) is 2.81. The van der Waals surface area contributed by atoms with Crippen molar-refractivity contribution in [3.8, 4) is 6.07 Å². The summed E-state index contributed by atoms with van der Waals surface area (Å²) in [6.45, 7) is 0. The summed E-state index contributed by atoms with van der Waals surface area (Å²) in [6.07, 6.45) is 0. The highest BCUT2D eigenvalue weighted by Gasteiger charge is 2.10. The van der Waals surface area contributed by atoms with Crippen LogP contribution in [0, 0.1) is 11.3 Å². The van der Waals surface area contributed by atoms with Crippen LogP contribution in [0.2, 0.25) is 0 Å². The second-order valence-electron chi connectivity index (χ2n) is 4.18. The molecule has 0 spiro atoms. The minimum Gasteiger partial charge on any atom is -0.478 e. The lowest BCUT2D eigenvalue weighted by molar-refractivity contribution is 0.0697. The first-order valence-electron chi connectivity index (χ1n) is 5.79. The molecule has 0 aliphatic rings. The lowest BCUT2D eigenvalue weighted by Gasteiger charge is -2.21. The van der Waals surface area contributed by atoms with Crippen LogP contribution >= 0.6 is 15.9 Å². The molecule has 0 aromatic heterocycles. The largest absolute Gasteiger partial charge is 0.478 e. The van der Waals surface area contributed by atoms with Gasteiger partial charge in [-0.25, -0.2) is 4.79 Å². The van der Waals surface area contributed by atoms with E-state index in [0.29, 0.717) is 5.56 Å².